The van der Waals surface area contributed by atoms with E-state index in [2.05, 4.69) is 11.4 Å². The Kier molecular flexibility index (Phi) is 5.99. The van der Waals surface area contributed by atoms with Gasteiger partial charge in [-0.2, -0.15) is 0 Å². The Hall–Kier alpha value is -1.42. The summed E-state index contributed by atoms with van der Waals surface area (Å²) in [4.78, 5) is 12.9. The Balaban J connectivity index is 1.70. The third-order valence-electron chi connectivity index (χ3n) is 3.33. The fourth-order valence-electron chi connectivity index (χ4n) is 2.15. The molecule has 0 aromatic heterocycles. The molecule has 20 heavy (non-hydrogen) atoms. The summed E-state index contributed by atoms with van der Waals surface area (Å²) < 4.78 is 5.11. The van der Waals surface area contributed by atoms with Gasteiger partial charge < -0.3 is 10.1 Å². The van der Waals surface area contributed by atoms with Gasteiger partial charge in [0.15, 0.2) is 0 Å². The molecule has 0 fully saturated rings. The lowest BCUT2D eigenvalue weighted by Gasteiger charge is -2.13. The van der Waals surface area contributed by atoms with Gasteiger partial charge in [-0.15, -0.1) is 11.8 Å². The van der Waals surface area contributed by atoms with Gasteiger partial charge in [0.1, 0.15) is 5.75 Å². The largest absolute Gasteiger partial charge is 0.497 e. The minimum absolute atomic E-state index is 0.0947. The van der Waals surface area contributed by atoms with Gasteiger partial charge in [0.2, 0.25) is 5.91 Å². The Labute approximate surface area is 124 Å². The van der Waals surface area contributed by atoms with E-state index >= 15 is 0 Å². The van der Waals surface area contributed by atoms with Crippen molar-refractivity contribution in [2.24, 2.45) is 0 Å². The van der Waals surface area contributed by atoms with E-state index in [1.165, 1.54) is 18.4 Å². The molecule has 2 rings (SSSR count). The van der Waals surface area contributed by atoms with Crippen LogP contribution in [0, 0.1) is 0 Å². The Morgan fingerprint density at radius 3 is 2.75 bits per heavy atom. The van der Waals surface area contributed by atoms with Crippen molar-refractivity contribution in [2.45, 2.75) is 30.6 Å². The van der Waals surface area contributed by atoms with Crippen LogP contribution in [0.15, 0.2) is 40.8 Å². The molecule has 1 aromatic rings. The Bertz CT molecular complexity index is 468. The van der Waals surface area contributed by atoms with E-state index in [1.54, 1.807) is 18.9 Å². The quantitative estimate of drug-likeness (QED) is 0.645. The van der Waals surface area contributed by atoms with Crippen LogP contribution >= 0.6 is 11.8 Å². The molecule has 1 amide bonds. The first-order chi connectivity index (χ1) is 9.78. The maximum atomic E-state index is 11.8. The lowest BCUT2D eigenvalue weighted by Crippen LogP contribution is -2.27. The van der Waals surface area contributed by atoms with Crippen LogP contribution in [0.1, 0.15) is 25.7 Å². The average molecular weight is 291 g/mol. The summed E-state index contributed by atoms with van der Waals surface area (Å²) in [5.74, 6) is 1.39. The highest BCUT2D eigenvalue weighted by molar-refractivity contribution is 8.00. The van der Waals surface area contributed by atoms with Crippen molar-refractivity contribution in [3.63, 3.8) is 0 Å². The number of ether oxygens (including phenoxy) is 1. The molecular weight excluding hydrogens is 270 g/mol. The van der Waals surface area contributed by atoms with Gasteiger partial charge in [-0.1, -0.05) is 11.6 Å². The number of hydrogen-bond acceptors (Lipinski definition) is 3. The fourth-order valence-corrected chi connectivity index (χ4v) is 2.88. The third-order valence-corrected chi connectivity index (χ3v) is 4.34. The van der Waals surface area contributed by atoms with Crippen LogP contribution in [-0.2, 0) is 4.79 Å². The molecule has 0 aliphatic heterocycles. The average Bonchev–Trinajstić information content (AvgIpc) is 2.52. The summed E-state index contributed by atoms with van der Waals surface area (Å²) >= 11 is 1.55. The summed E-state index contributed by atoms with van der Waals surface area (Å²) in [7, 11) is 1.65. The molecule has 0 spiro atoms. The second-order valence-electron chi connectivity index (χ2n) is 4.85. The number of amides is 1. The number of methoxy groups -OCH3 is 1. The monoisotopic (exact) mass is 291 g/mol. The van der Waals surface area contributed by atoms with Crippen LogP contribution in [0.25, 0.3) is 0 Å². The van der Waals surface area contributed by atoms with Crippen molar-refractivity contribution in [3.8, 4) is 5.75 Å². The second kappa shape index (κ2) is 8.00. The van der Waals surface area contributed by atoms with E-state index in [9.17, 15) is 4.79 Å². The molecular formula is C16H21NO2S. The molecule has 1 aromatic carbocycles. The molecule has 1 aliphatic carbocycles. The maximum absolute atomic E-state index is 11.8. The number of allylic oxidation sites excluding steroid dienone is 1. The molecule has 1 N–H and O–H groups in total. The van der Waals surface area contributed by atoms with Crippen LogP contribution in [0.4, 0.5) is 0 Å². The standard InChI is InChI=1S/C16H21NO2S/c1-19-14-7-9-15(10-8-14)20-12-16(18)17-11-13-5-3-2-4-6-13/h5,7-10H,2-4,6,11-12H2,1H3,(H,17,18). The third kappa shape index (κ3) is 4.93. The van der Waals surface area contributed by atoms with Crippen molar-refractivity contribution in [1.82, 2.24) is 5.32 Å². The lowest BCUT2D eigenvalue weighted by atomic mass is 10.00. The Morgan fingerprint density at radius 2 is 2.10 bits per heavy atom. The molecule has 0 bridgehead atoms. The molecule has 4 heteroatoms. The number of thioether (sulfide) groups is 1. The molecule has 0 radical (unpaired) electrons. The first-order valence-electron chi connectivity index (χ1n) is 6.99. The summed E-state index contributed by atoms with van der Waals surface area (Å²) in [6.07, 6.45) is 7.09. The predicted octanol–water partition coefficient (Wildman–Crippen LogP) is 3.40. The number of rotatable bonds is 6. The van der Waals surface area contributed by atoms with Gasteiger partial charge in [0, 0.05) is 11.4 Å². The van der Waals surface area contributed by atoms with Crippen LogP contribution in [0.2, 0.25) is 0 Å². The van der Waals surface area contributed by atoms with Gasteiger partial charge in [0.05, 0.1) is 12.9 Å². The van der Waals surface area contributed by atoms with Gasteiger partial charge in [0.25, 0.3) is 0 Å². The van der Waals surface area contributed by atoms with Gasteiger partial charge in [-0.25, -0.2) is 0 Å². The van der Waals surface area contributed by atoms with Crippen LogP contribution < -0.4 is 10.1 Å². The first kappa shape index (κ1) is 15.0. The molecule has 0 saturated carbocycles. The van der Waals surface area contributed by atoms with Crippen molar-refractivity contribution in [1.29, 1.82) is 0 Å². The zero-order chi connectivity index (χ0) is 14.2. The second-order valence-corrected chi connectivity index (χ2v) is 5.90. The SMILES string of the molecule is COc1ccc(SCC(=O)NCC2=CCCCC2)cc1. The van der Waals surface area contributed by atoms with Gasteiger partial charge in [-0.3, -0.25) is 4.79 Å². The van der Waals surface area contributed by atoms with E-state index < -0.39 is 0 Å². The zero-order valence-electron chi connectivity index (χ0n) is 11.9. The minimum Gasteiger partial charge on any atom is -0.497 e. The maximum Gasteiger partial charge on any atom is 0.230 e. The van der Waals surface area contributed by atoms with E-state index in [0.29, 0.717) is 12.3 Å². The first-order valence-corrected chi connectivity index (χ1v) is 7.98. The summed E-state index contributed by atoms with van der Waals surface area (Å²) in [5.41, 5.74) is 1.37. The zero-order valence-corrected chi connectivity index (χ0v) is 12.7. The van der Waals surface area contributed by atoms with E-state index in [0.717, 1.165) is 23.5 Å². The molecule has 0 heterocycles. The number of benzene rings is 1. The summed E-state index contributed by atoms with van der Waals surface area (Å²) in [6.45, 7) is 0.710. The van der Waals surface area contributed by atoms with Crippen LogP contribution in [-0.4, -0.2) is 25.3 Å². The molecule has 108 valence electrons. The molecule has 1 aliphatic rings. The van der Waals surface area contributed by atoms with Crippen molar-refractivity contribution >= 4 is 17.7 Å². The van der Waals surface area contributed by atoms with Crippen molar-refractivity contribution in [3.05, 3.63) is 35.9 Å². The number of hydrogen-bond donors (Lipinski definition) is 1. The molecule has 0 unspecified atom stereocenters. The van der Waals surface area contributed by atoms with E-state index in [4.69, 9.17) is 4.74 Å². The number of carbonyl (C=O) groups is 1. The lowest BCUT2D eigenvalue weighted by molar-refractivity contribution is -0.118. The highest BCUT2D eigenvalue weighted by atomic mass is 32.2. The highest BCUT2D eigenvalue weighted by Crippen LogP contribution is 2.21. The van der Waals surface area contributed by atoms with E-state index in [-0.39, 0.29) is 5.91 Å². The fraction of sp³-hybridized carbons (Fsp3) is 0.438. The topological polar surface area (TPSA) is 38.3 Å². The van der Waals surface area contributed by atoms with Gasteiger partial charge in [-0.05, 0) is 49.9 Å². The van der Waals surface area contributed by atoms with Crippen molar-refractivity contribution in [2.75, 3.05) is 19.4 Å². The van der Waals surface area contributed by atoms with E-state index in [1.807, 2.05) is 24.3 Å². The predicted molar refractivity (Wildman–Crippen MR) is 83.3 cm³/mol. The Morgan fingerprint density at radius 1 is 1.30 bits per heavy atom. The van der Waals surface area contributed by atoms with Crippen molar-refractivity contribution < 1.29 is 9.53 Å². The molecule has 3 nitrogen and oxygen atoms in total. The smallest absolute Gasteiger partial charge is 0.230 e. The number of nitrogens with one attached hydrogen (secondary N) is 1. The number of carbonyl (C=O) groups excluding carboxylic acids is 1. The van der Waals surface area contributed by atoms with Crippen LogP contribution in [0.3, 0.4) is 0 Å². The van der Waals surface area contributed by atoms with Crippen LogP contribution in [0.5, 0.6) is 5.75 Å². The summed E-state index contributed by atoms with van der Waals surface area (Å²) in [6, 6.07) is 7.76. The molecule has 0 saturated heterocycles. The summed E-state index contributed by atoms with van der Waals surface area (Å²) in [5, 5.41) is 2.99. The van der Waals surface area contributed by atoms with Gasteiger partial charge >= 0.3 is 0 Å². The highest BCUT2D eigenvalue weighted by Gasteiger charge is 2.06. The minimum atomic E-state index is 0.0947. The normalized spacial score (nSPS) is 14.6. The molecule has 0 atom stereocenters.